The summed E-state index contributed by atoms with van der Waals surface area (Å²) in [5.41, 5.74) is 5.32. The minimum atomic E-state index is -0.141. The summed E-state index contributed by atoms with van der Waals surface area (Å²) in [6, 6.07) is 0. The molecule has 0 heterocycles. The van der Waals surface area contributed by atoms with E-state index in [9.17, 15) is 4.79 Å². The number of hydrogen-bond donors (Lipinski definition) is 1. The van der Waals surface area contributed by atoms with E-state index in [1.807, 2.05) is 6.92 Å². The highest BCUT2D eigenvalue weighted by atomic mass is 16.1. The molecule has 0 radical (unpaired) electrons. The Hall–Kier alpha value is -0.530. The predicted octanol–water partition coefficient (Wildman–Crippen LogP) is 2.18. The largest absolute Gasteiger partial charge is 0.369 e. The number of amides is 1. The van der Waals surface area contributed by atoms with Crippen molar-refractivity contribution >= 4 is 5.91 Å². The van der Waals surface area contributed by atoms with Gasteiger partial charge in [-0.2, -0.15) is 0 Å². The van der Waals surface area contributed by atoms with Crippen LogP contribution in [0.4, 0.5) is 0 Å². The number of primary amides is 1. The minimum Gasteiger partial charge on any atom is -0.369 e. The Labute approximate surface area is 75.5 Å². The number of nitrogens with two attached hydrogens (primary N) is 1. The molecule has 0 rings (SSSR count). The summed E-state index contributed by atoms with van der Waals surface area (Å²) in [6.45, 7) is 8.45. The summed E-state index contributed by atoms with van der Waals surface area (Å²) in [7, 11) is 0. The fourth-order valence-corrected chi connectivity index (χ4v) is 1.94. The molecule has 1 amide bonds. The van der Waals surface area contributed by atoms with Gasteiger partial charge in [0.1, 0.15) is 0 Å². The Bertz CT molecular complexity index is 143. The normalized spacial score (nSPS) is 16.1. The van der Waals surface area contributed by atoms with Gasteiger partial charge in [0.25, 0.3) is 0 Å². The highest BCUT2D eigenvalue weighted by molar-refractivity contribution is 5.76. The Morgan fingerprint density at radius 2 is 1.75 bits per heavy atom. The molecule has 0 fully saturated rings. The molecule has 12 heavy (non-hydrogen) atoms. The molecular formula is C10H21NO. The molecule has 0 saturated carbocycles. The van der Waals surface area contributed by atoms with Gasteiger partial charge in [0.15, 0.2) is 0 Å². The summed E-state index contributed by atoms with van der Waals surface area (Å²) in [5.74, 6) is 0.924. The first-order chi connectivity index (χ1) is 5.54. The second-order valence-electron chi connectivity index (χ2n) is 3.73. The van der Waals surface area contributed by atoms with Gasteiger partial charge in [-0.05, 0) is 18.3 Å². The highest BCUT2D eigenvalue weighted by Crippen LogP contribution is 2.26. The molecule has 2 atom stereocenters. The fraction of sp³-hybridized carbons (Fsp3) is 0.900. The average Bonchev–Trinajstić information content (AvgIpc) is 1.98. The Balaban J connectivity index is 4.33. The molecule has 0 aliphatic carbocycles. The summed E-state index contributed by atoms with van der Waals surface area (Å²) < 4.78 is 0. The molecule has 0 aromatic carbocycles. The number of carbonyl (C=O) groups is 1. The van der Waals surface area contributed by atoms with E-state index in [-0.39, 0.29) is 11.8 Å². The molecule has 72 valence electrons. The first-order valence-corrected chi connectivity index (χ1v) is 4.83. The van der Waals surface area contributed by atoms with E-state index in [2.05, 4.69) is 20.8 Å². The zero-order valence-corrected chi connectivity index (χ0v) is 8.63. The van der Waals surface area contributed by atoms with Gasteiger partial charge in [-0.25, -0.2) is 0 Å². The molecule has 2 heteroatoms. The second-order valence-corrected chi connectivity index (χ2v) is 3.73. The van der Waals surface area contributed by atoms with Crippen LogP contribution in [0.5, 0.6) is 0 Å². The van der Waals surface area contributed by atoms with Gasteiger partial charge < -0.3 is 5.73 Å². The van der Waals surface area contributed by atoms with E-state index in [1.54, 1.807) is 0 Å². The molecule has 0 aromatic heterocycles. The van der Waals surface area contributed by atoms with Crippen molar-refractivity contribution in [2.24, 2.45) is 23.5 Å². The Morgan fingerprint density at radius 3 is 1.83 bits per heavy atom. The van der Waals surface area contributed by atoms with E-state index in [0.717, 1.165) is 12.8 Å². The topological polar surface area (TPSA) is 43.1 Å². The summed E-state index contributed by atoms with van der Waals surface area (Å²) >= 11 is 0. The van der Waals surface area contributed by atoms with Gasteiger partial charge in [0.05, 0.1) is 0 Å². The van der Waals surface area contributed by atoms with E-state index >= 15 is 0 Å². The number of rotatable bonds is 5. The predicted molar refractivity (Wildman–Crippen MR) is 51.6 cm³/mol. The monoisotopic (exact) mass is 171 g/mol. The lowest BCUT2D eigenvalue weighted by atomic mass is 9.80. The van der Waals surface area contributed by atoms with Crippen molar-refractivity contribution < 1.29 is 4.79 Å². The molecule has 2 nitrogen and oxygen atoms in total. The highest BCUT2D eigenvalue weighted by Gasteiger charge is 2.25. The first-order valence-electron chi connectivity index (χ1n) is 4.83. The SMILES string of the molecule is CCC(C(N)=O)C(CC)C(C)C. The van der Waals surface area contributed by atoms with Crippen LogP contribution in [0.1, 0.15) is 40.5 Å². The standard InChI is InChI=1S/C10H21NO/c1-5-8(7(3)4)9(6-2)10(11)12/h7-9H,5-6H2,1-4H3,(H2,11,12). The smallest absolute Gasteiger partial charge is 0.220 e. The number of hydrogen-bond acceptors (Lipinski definition) is 1. The zero-order chi connectivity index (χ0) is 9.72. The van der Waals surface area contributed by atoms with Gasteiger partial charge in [-0.1, -0.05) is 34.1 Å². The molecule has 0 aliphatic heterocycles. The summed E-state index contributed by atoms with van der Waals surface area (Å²) in [6.07, 6.45) is 1.91. The molecular weight excluding hydrogens is 150 g/mol. The van der Waals surface area contributed by atoms with Gasteiger partial charge in [-0.3, -0.25) is 4.79 Å². The molecule has 0 aromatic rings. The maximum absolute atomic E-state index is 11.1. The van der Waals surface area contributed by atoms with Crippen LogP contribution in [0.2, 0.25) is 0 Å². The lowest BCUT2D eigenvalue weighted by Crippen LogP contribution is -2.31. The Kier molecular flexibility index (Phi) is 4.95. The van der Waals surface area contributed by atoms with E-state index in [1.165, 1.54) is 0 Å². The fourth-order valence-electron chi connectivity index (χ4n) is 1.94. The lowest BCUT2D eigenvalue weighted by Gasteiger charge is -2.25. The van der Waals surface area contributed by atoms with Crippen LogP contribution >= 0.6 is 0 Å². The van der Waals surface area contributed by atoms with Crippen LogP contribution < -0.4 is 5.73 Å². The van der Waals surface area contributed by atoms with Gasteiger partial charge in [-0.15, -0.1) is 0 Å². The first kappa shape index (κ1) is 11.5. The van der Waals surface area contributed by atoms with Crippen molar-refractivity contribution in [1.82, 2.24) is 0 Å². The van der Waals surface area contributed by atoms with Gasteiger partial charge in [0.2, 0.25) is 5.91 Å². The van der Waals surface area contributed by atoms with Gasteiger partial charge >= 0.3 is 0 Å². The minimum absolute atomic E-state index is 0.0648. The number of carbonyl (C=O) groups excluding carboxylic acids is 1. The van der Waals surface area contributed by atoms with E-state index in [0.29, 0.717) is 11.8 Å². The summed E-state index contributed by atoms with van der Waals surface area (Å²) in [4.78, 5) is 11.1. The molecule has 0 saturated heterocycles. The van der Waals surface area contributed by atoms with Crippen LogP contribution in [-0.4, -0.2) is 5.91 Å². The van der Waals surface area contributed by atoms with Crippen molar-refractivity contribution in [3.8, 4) is 0 Å². The maximum atomic E-state index is 11.1. The third kappa shape index (κ3) is 2.84. The van der Waals surface area contributed by atoms with Crippen molar-refractivity contribution in [2.45, 2.75) is 40.5 Å². The van der Waals surface area contributed by atoms with Gasteiger partial charge in [0, 0.05) is 5.92 Å². The van der Waals surface area contributed by atoms with Crippen LogP contribution in [-0.2, 0) is 4.79 Å². The van der Waals surface area contributed by atoms with Crippen LogP contribution in [0.25, 0.3) is 0 Å². The van der Waals surface area contributed by atoms with Crippen molar-refractivity contribution in [2.75, 3.05) is 0 Å². The van der Waals surface area contributed by atoms with Crippen molar-refractivity contribution in [1.29, 1.82) is 0 Å². The average molecular weight is 171 g/mol. The zero-order valence-electron chi connectivity index (χ0n) is 8.63. The summed E-state index contributed by atoms with van der Waals surface area (Å²) in [5, 5.41) is 0. The molecule has 2 N–H and O–H groups in total. The third-order valence-corrected chi connectivity index (χ3v) is 2.65. The van der Waals surface area contributed by atoms with Crippen molar-refractivity contribution in [3.63, 3.8) is 0 Å². The van der Waals surface area contributed by atoms with Crippen molar-refractivity contribution in [3.05, 3.63) is 0 Å². The third-order valence-electron chi connectivity index (χ3n) is 2.65. The lowest BCUT2D eigenvalue weighted by molar-refractivity contribution is -0.124. The molecule has 0 aliphatic rings. The second kappa shape index (κ2) is 5.18. The van der Waals surface area contributed by atoms with E-state index in [4.69, 9.17) is 5.73 Å². The van der Waals surface area contributed by atoms with Crippen LogP contribution in [0.3, 0.4) is 0 Å². The Morgan fingerprint density at radius 1 is 1.25 bits per heavy atom. The molecule has 2 unspecified atom stereocenters. The molecule has 0 spiro atoms. The van der Waals surface area contributed by atoms with Crippen LogP contribution in [0.15, 0.2) is 0 Å². The molecule has 0 bridgehead atoms. The quantitative estimate of drug-likeness (QED) is 0.677. The van der Waals surface area contributed by atoms with E-state index < -0.39 is 0 Å². The maximum Gasteiger partial charge on any atom is 0.220 e. The van der Waals surface area contributed by atoms with Crippen LogP contribution in [0, 0.1) is 17.8 Å².